The lowest BCUT2D eigenvalue weighted by Gasteiger charge is -2.20. The number of benzene rings is 1. The van der Waals surface area contributed by atoms with Crippen LogP contribution in [0.1, 0.15) is 44.1 Å². The van der Waals surface area contributed by atoms with E-state index in [2.05, 4.69) is 18.7 Å². The van der Waals surface area contributed by atoms with Crippen molar-refractivity contribution in [3.05, 3.63) is 69.4 Å². The zero-order chi connectivity index (χ0) is 16.9. The summed E-state index contributed by atoms with van der Waals surface area (Å²) >= 11 is 1.65. The molecule has 0 saturated heterocycles. The quantitative estimate of drug-likeness (QED) is 0.763. The van der Waals surface area contributed by atoms with Crippen LogP contribution in [0, 0.1) is 11.3 Å². The summed E-state index contributed by atoms with van der Waals surface area (Å²) in [4.78, 5) is 16.9. The van der Waals surface area contributed by atoms with E-state index in [1.807, 2.05) is 17.0 Å². The van der Waals surface area contributed by atoms with Crippen molar-refractivity contribution in [2.45, 2.75) is 32.2 Å². The number of carbonyl (C=O) groups excluding carboxylic acids is 1. The van der Waals surface area contributed by atoms with Crippen molar-refractivity contribution in [3.8, 4) is 6.07 Å². The van der Waals surface area contributed by atoms with Crippen LogP contribution in [0.25, 0.3) is 0 Å². The summed E-state index contributed by atoms with van der Waals surface area (Å²) in [5, 5.41) is 8.89. The highest BCUT2D eigenvalue weighted by molar-refractivity contribution is 7.14. The Morgan fingerprint density at radius 2 is 2.04 bits per heavy atom. The maximum absolute atomic E-state index is 12.9. The summed E-state index contributed by atoms with van der Waals surface area (Å²) in [6.45, 7) is 4.82. The van der Waals surface area contributed by atoms with Gasteiger partial charge in [0.15, 0.2) is 0 Å². The van der Waals surface area contributed by atoms with Crippen LogP contribution >= 0.6 is 11.3 Å². The molecule has 122 valence electrons. The van der Waals surface area contributed by atoms with Gasteiger partial charge in [0.2, 0.25) is 0 Å². The number of aryl methyl sites for hydroxylation is 2. The molecular formula is C20H20N2OS. The highest BCUT2D eigenvalue weighted by Crippen LogP contribution is 2.30. The first-order valence-corrected chi connectivity index (χ1v) is 9.03. The van der Waals surface area contributed by atoms with Crippen LogP contribution in [0.4, 0.5) is 0 Å². The average molecular weight is 336 g/mol. The lowest BCUT2D eigenvalue weighted by Crippen LogP contribution is -2.30. The molecule has 0 atom stereocenters. The van der Waals surface area contributed by atoms with Crippen LogP contribution in [0.5, 0.6) is 0 Å². The summed E-state index contributed by atoms with van der Waals surface area (Å²) < 4.78 is 0. The van der Waals surface area contributed by atoms with E-state index >= 15 is 0 Å². The molecular weight excluding hydrogens is 316 g/mol. The topological polar surface area (TPSA) is 44.1 Å². The van der Waals surface area contributed by atoms with Gasteiger partial charge < -0.3 is 4.90 Å². The highest BCUT2D eigenvalue weighted by Gasteiger charge is 2.21. The molecule has 3 nitrogen and oxygen atoms in total. The molecule has 24 heavy (non-hydrogen) atoms. The molecule has 0 saturated carbocycles. The Labute approximate surface area is 146 Å². The summed E-state index contributed by atoms with van der Waals surface area (Å²) in [6, 6.07) is 11.6. The van der Waals surface area contributed by atoms with Gasteiger partial charge in [-0.1, -0.05) is 18.2 Å². The van der Waals surface area contributed by atoms with Crippen molar-refractivity contribution >= 4 is 17.2 Å². The normalized spacial score (nSPS) is 13.0. The Kier molecular flexibility index (Phi) is 5.12. The summed E-state index contributed by atoms with van der Waals surface area (Å²) in [7, 11) is 0. The molecule has 0 bridgehead atoms. The second-order valence-electron chi connectivity index (χ2n) is 6.05. The third-order valence-electron chi connectivity index (χ3n) is 4.30. The first-order valence-electron chi connectivity index (χ1n) is 8.22. The third kappa shape index (κ3) is 3.58. The lowest BCUT2D eigenvalue weighted by molar-refractivity contribution is 0.0767. The lowest BCUT2D eigenvalue weighted by atomic mass is 9.99. The van der Waals surface area contributed by atoms with Crippen LogP contribution in [0.3, 0.4) is 0 Å². The molecule has 0 radical (unpaired) electrons. The zero-order valence-electron chi connectivity index (χ0n) is 13.6. The van der Waals surface area contributed by atoms with Gasteiger partial charge >= 0.3 is 0 Å². The predicted molar refractivity (Wildman–Crippen MR) is 97.1 cm³/mol. The van der Waals surface area contributed by atoms with E-state index < -0.39 is 0 Å². The first-order chi connectivity index (χ1) is 11.7. The van der Waals surface area contributed by atoms with Crippen molar-refractivity contribution < 1.29 is 4.79 Å². The summed E-state index contributed by atoms with van der Waals surface area (Å²) in [5.74, 6) is 0.0682. The van der Waals surface area contributed by atoms with Gasteiger partial charge in [-0.25, -0.2) is 0 Å². The molecule has 1 aromatic heterocycles. The van der Waals surface area contributed by atoms with E-state index in [4.69, 9.17) is 5.26 Å². The number of nitriles is 1. The van der Waals surface area contributed by atoms with Crippen molar-refractivity contribution in [1.82, 2.24) is 4.90 Å². The number of amides is 1. The van der Waals surface area contributed by atoms with Crippen molar-refractivity contribution in [2.24, 2.45) is 0 Å². The molecule has 0 unspecified atom stereocenters. The number of carbonyl (C=O) groups is 1. The summed E-state index contributed by atoms with van der Waals surface area (Å²) in [5.41, 5.74) is 3.00. The smallest absolute Gasteiger partial charge is 0.264 e. The number of thiophene rings is 1. The van der Waals surface area contributed by atoms with Gasteiger partial charge in [-0.2, -0.15) is 5.26 Å². The molecule has 1 heterocycles. The molecule has 0 N–H and O–H groups in total. The van der Waals surface area contributed by atoms with Crippen LogP contribution < -0.4 is 0 Å². The van der Waals surface area contributed by atoms with Crippen molar-refractivity contribution in [1.29, 1.82) is 5.26 Å². The maximum atomic E-state index is 12.9. The zero-order valence-corrected chi connectivity index (χ0v) is 14.4. The van der Waals surface area contributed by atoms with E-state index in [9.17, 15) is 4.79 Å². The average Bonchev–Trinajstić information content (AvgIpc) is 3.05. The molecule has 0 aliphatic heterocycles. The minimum atomic E-state index is 0.0682. The van der Waals surface area contributed by atoms with Gasteiger partial charge in [0.1, 0.15) is 0 Å². The second-order valence-corrected chi connectivity index (χ2v) is 7.19. The van der Waals surface area contributed by atoms with Gasteiger partial charge in [0.25, 0.3) is 5.91 Å². The van der Waals surface area contributed by atoms with Gasteiger partial charge in [-0.3, -0.25) is 4.79 Å². The monoisotopic (exact) mass is 336 g/mol. The van der Waals surface area contributed by atoms with E-state index in [0.29, 0.717) is 18.7 Å². The first kappa shape index (κ1) is 16.5. The Bertz CT molecular complexity index is 759. The van der Waals surface area contributed by atoms with Crippen LogP contribution in [-0.4, -0.2) is 17.4 Å². The predicted octanol–water partition coefficient (Wildman–Crippen LogP) is 4.33. The molecule has 1 aliphatic carbocycles. The minimum absolute atomic E-state index is 0.0682. The van der Waals surface area contributed by atoms with Gasteiger partial charge in [-0.05, 0) is 55.0 Å². The van der Waals surface area contributed by atoms with E-state index in [1.165, 1.54) is 23.3 Å². The maximum Gasteiger partial charge on any atom is 0.264 e. The van der Waals surface area contributed by atoms with Crippen LogP contribution in [0.15, 0.2) is 43.0 Å². The van der Waals surface area contributed by atoms with E-state index in [-0.39, 0.29) is 5.91 Å². The molecule has 0 fully saturated rings. The van der Waals surface area contributed by atoms with Gasteiger partial charge in [0, 0.05) is 18.0 Å². The number of rotatable bonds is 5. The van der Waals surface area contributed by atoms with Crippen molar-refractivity contribution in [3.63, 3.8) is 0 Å². The molecule has 1 amide bonds. The van der Waals surface area contributed by atoms with Gasteiger partial charge in [-0.15, -0.1) is 17.9 Å². The Hall–Kier alpha value is -2.38. The third-order valence-corrected chi connectivity index (χ3v) is 5.53. The van der Waals surface area contributed by atoms with Crippen LogP contribution in [-0.2, 0) is 19.4 Å². The fraction of sp³-hybridized carbons (Fsp3) is 0.300. The fourth-order valence-electron chi connectivity index (χ4n) is 3.03. The van der Waals surface area contributed by atoms with Crippen molar-refractivity contribution in [2.75, 3.05) is 6.54 Å². The molecule has 1 aromatic carbocycles. The standard InChI is InChI=1S/C20H20N2OS/c1-2-11-22(14-16-9-7-15(13-21)8-10-16)20(23)19-12-17-5-3-4-6-18(17)24-19/h2,7-10,12H,1,3-6,11,14H2. The number of hydrogen-bond acceptors (Lipinski definition) is 3. The highest BCUT2D eigenvalue weighted by atomic mass is 32.1. The second kappa shape index (κ2) is 7.46. The summed E-state index contributed by atoms with van der Waals surface area (Å²) in [6.07, 6.45) is 6.40. The van der Waals surface area contributed by atoms with Gasteiger partial charge in [0.05, 0.1) is 16.5 Å². The van der Waals surface area contributed by atoms with E-state index in [0.717, 1.165) is 23.3 Å². The number of hydrogen-bond donors (Lipinski definition) is 0. The molecule has 4 heteroatoms. The minimum Gasteiger partial charge on any atom is -0.330 e. The fourth-order valence-corrected chi connectivity index (χ4v) is 4.25. The Morgan fingerprint density at radius 3 is 2.71 bits per heavy atom. The molecule has 1 aliphatic rings. The van der Waals surface area contributed by atoms with Crippen LogP contribution in [0.2, 0.25) is 0 Å². The molecule has 3 rings (SSSR count). The number of nitrogens with zero attached hydrogens (tertiary/aromatic N) is 2. The number of fused-ring (bicyclic) bond motifs is 1. The van der Waals surface area contributed by atoms with E-state index in [1.54, 1.807) is 29.5 Å². The molecule has 0 spiro atoms. The largest absolute Gasteiger partial charge is 0.330 e. The Balaban J connectivity index is 1.78. The SMILES string of the molecule is C=CCN(Cc1ccc(C#N)cc1)C(=O)c1cc2c(s1)CCCC2. The molecule has 2 aromatic rings. The Morgan fingerprint density at radius 1 is 1.29 bits per heavy atom.